The maximum atomic E-state index is 12.8. The normalized spacial score (nSPS) is 10.8. The standard InChI is InChI=1S/C13H16FN3O/c1-2-8-15-9-7-12-16-17-13(18-12)10-3-5-11(14)6-4-10/h3-6,15H,2,7-9H2,1H3. The molecule has 4 nitrogen and oxygen atoms in total. The van der Waals surface area contributed by atoms with Crippen LogP contribution in [0.4, 0.5) is 4.39 Å². The van der Waals surface area contributed by atoms with Crippen molar-refractivity contribution in [3.05, 3.63) is 36.0 Å². The maximum Gasteiger partial charge on any atom is 0.247 e. The minimum atomic E-state index is -0.276. The summed E-state index contributed by atoms with van der Waals surface area (Å²) in [5, 5.41) is 11.2. The van der Waals surface area contributed by atoms with E-state index in [4.69, 9.17) is 4.42 Å². The molecule has 0 aliphatic carbocycles. The molecule has 2 rings (SSSR count). The molecule has 2 aromatic rings. The summed E-state index contributed by atoms with van der Waals surface area (Å²) in [5.74, 6) is 0.751. The minimum absolute atomic E-state index is 0.276. The summed E-state index contributed by atoms with van der Waals surface area (Å²) >= 11 is 0. The van der Waals surface area contributed by atoms with E-state index < -0.39 is 0 Å². The lowest BCUT2D eigenvalue weighted by atomic mass is 10.2. The lowest BCUT2D eigenvalue weighted by Gasteiger charge is -1.98. The number of rotatable bonds is 6. The summed E-state index contributed by atoms with van der Waals surface area (Å²) in [6.07, 6.45) is 1.80. The Morgan fingerprint density at radius 2 is 1.94 bits per heavy atom. The zero-order chi connectivity index (χ0) is 12.8. The number of hydrogen-bond donors (Lipinski definition) is 1. The Kier molecular flexibility index (Phi) is 4.41. The van der Waals surface area contributed by atoms with Gasteiger partial charge in [0.05, 0.1) is 0 Å². The highest BCUT2D eigenvalue weighted by atomic mass is 19.1. The highest BCUT2D eigenvalue weighted by Crippen LogP contribution is 2.17. The van der Waals surface area contributed by atoms with Crippen LogP contribution < -0.4 is 5.32 Å². The molecule has 0 atom stereocenters. The first kappa shape index (κ1) is 12.7. The van der Waals surface area contributed by atoms with Gasteiger partial charge in [-0.25, -0.2) is 4.39 Å². The van der Waals surface area contributed by atoms with Crippen LogP contribution in [0.15, 0.2) is 28.7 Å². The maximum absolute atomic E-state index is 12.8. The molecule has 0 spiro atoms. The van der Waals surface area contributed by atoms with E-state index in [9.17, 15) is 4.39 Å². The molecule has 5 heteroatoms. The van der Waals surface area contributed by atoms with Gasteiger partial charge in [0.25, 0.3) is 0 Å². The zero-order valence-electron chi connectivity index (χ0n) is 10.3. The monoisotopic (exact) mass is 249 g/mol. The van der Waals surface area contributed by atoms with Gasteiger partial charge in [0.2, 0.25) is 11.8 Å². The van der Waals surface area contributed by atoms with E-state index in [2.05, 4.69) is 22.4 Å². The summed E-state index contributed by atoms with van der Waals surface area (Å²) < 4.78 is 18.3. The molecule has 96 valence electrons. The molecule has 0 saturated carbocycles. The molecular weight excluding hydrogens is 233 g/mol. The quantitative estimate of drug-likeness (QED) is 0.799. The van der Waals surface area contributed by atoms with Gasteiger partial charge < -0.3 is 9.73 Å². The third kappa shape index (κ3) is 3.37. The van der Waals surface area contributed by atoms with E-state index in [0.717, 1.165) is 25.1 Å². The fourth-order valence-corrected chi connectivity index (χ4v) is 1.56. The average molecular weight is 249 g/mol. The van der Waals surface area contributed by atoms with Crippen molar-refractivity contribution in [1.82, 2.24) is 15.5 Å². The van der Waals surface area contributed by atoms with E-state index in [0.29, 0.717) is 18.2 Å². The summed E-state index contributed by atoms with van der Waals surface area (Å²) in [5.41, 5.74) is 0.733. The molecule has 0 amide bonds. The van der Waals surface area contributed by atoms with E-state index in [-0.39, 0.29) is 5.82 Å². The second-order valence-electron chi connectivity index (χ2n) is 4.01. The summed E-state index contributed by atoms with van der Waals surface area (Å²) in [4.78, 5) is 0. The highest BCUT2D eigenvalue weighted by Gasteiger charge is 2.07. The lowest BCUT2D eigenvalue weighted by Crippen LogP contribution is -2.17. The van der Waals surface area contributed by atoms with Gasteiger partial charge in [0.1, 0.15) is 5.82 Å². The van der Waals surface area contributed by atoms with Crippen molar-refractivity contribution in [1.29, 1.82) is 0 Å². The number of nitrogens with zero attached hydrogens (tertiary/aromatic N) is 2. The third-order valence-electron chi connectivity index (χ3n) is 2.50. The topological polar surface area (TPSA) is 51.0 Å². The molecule has 0 aliphatic rings. The molecule has 0 fully saturated rings. The number of aromatic nitrogens is 2. The molecule has 0 saturated heterocycles. The molecule has 0 unspecified atom stereocenters. The van der Waals surface area contributed by atoms with E-state index in [1.54, 1.807) is 12.1 Å². The van der Waals surface area contributed by atoms with Crippen molar-refractivity contribution in [3.8, 4) is 11.5 Å². The zero-order valence-corrected chi connectivity index (χ0v) is 10.3. The predicted molar refractivity (Wildman–Crippen MR) is 66.6 cm³/mol. The third-order valence-corrected chi connectivity index (χ3v) is 2.50. The predicted octanol–water partition coefficient (Wildman–Crippen LogP) is 2.42. The molecule has 1 aromatic carbocycles. The molecule has 0 radical (unpaired) electrons. The Balaban J connectivity index is 1.95. The molecule has 1 heterocycles. The van der Waals surface area contributed by atoms with Crippen molar-refractivity contribution in [2.75, 3.05) is 13.1 Å². The number of hydrogen-bond acceptors (Lipinski definition) is 4. The number of nitrogens with one attached hydrogen (secondary N) is 1. The van der Waals surface area contributed by atoms with Gasteiger partial charge in [-0.15, -0.1) is 10.2 Å². The molecule has 1 N–H and O–H groups in total. The molecule has 0 bridgehead atoms. The van der Waals surface area contributed by atoms with Crippen LogP contribution in [0.1, 0.15) is 19.2 Å². The largest absolute Gasteiger partial charge is 0.421 e. The fraction of sp³-hybridized carbons (Fsp3) is 0.385. The van der Waals surface area contributed by atoms with Crippen LogP contribution in [0.2, 0.25) is 0 Å². The molecular formula is C13H16FN3O. The average Bonchev–Trinajstić information content (AvgIpc) is 2.84. The number of benzene rings is 1. The van der Waals surface area contributed by atoms with Gasteiger partial charge in [-0.2, -0.15) is 0 Å². The van der Waals surface area contributed by atoms with E-state index >= 15 is 0 Å². The van der Waals surface area contributed by atoms with Crippen LogP contribution in [-0.4, -0.2) is 23.3 Å². The molecule has 1 aromatic heterocycles. The second kappa shape index (κ2) is 6.26. The van der Waals surface area contributed by atoms with Crippen LogP contribution in [0, 0.1) is 5.82 Å². The highest BCUT2D eigenvalue weighted by molar-refractivity contribution is 5.51. The Morgan fingerprint density at radius 1 is 1.17 bits per heavy atom. The van der Waals surface area contributed by atoms with Gasteiger partial charge in [-0.1, -0.05) is 6.92 Å². The van der Waals surface area contributed by atoms with Gasteiger partial charge in [0.15, 0.2) is 0 Å². The Labute approximate surface area is 105 Å². The fourth-order valence-electron chi connectivity index (χ4n) is 1.56. The molecule has 0 aliphatic heterocycles. The van der Waals surface area contributed by atoms with E-state index in [1.807, 2.05) is 0 Å². The number of halogens is 1. The van der Waals surface area contributed by atoms with Crippen molar-refractivity contribution >= 4 is 0 Å². The lowest BCUT2D eigenvalue weighted by molar-refractivity contribution is 0.494. The van der Waals surface area contributed by atoms with Gasteiger partial charge in [0, 0.05) is 18.5 Å². The van der Waals surface area contributed by atoms with Crippen molar-refractivity contribution in [3.63, 3.8) is 0 Å². The van der Waals surface area contributed by atoms with Gasteiger partial charge in [-0.05, 0) is 37.2 Å². The minimum Gasteiger partial charge on any atom is -0.421 e. The Morgan fingerprint density at radius 3 is 2.67 bits per heavy atom. The van der Waals surface area contributed by atoms with Crippen LogP contribution in [-0.2, 0) is 6.42 Å². The smallest absolute Gasteiger partial charge is 0.247 e. The van der Waals surface area contributed by atoms with Gasteiger partial charge in [-0.3, -0.25) is 0 Å². The summed E-state index contributed by atoms with van der Waals surface area (Å²) in [7, 11) is 0. The van der Waals surface area contributed by atoms with Gasteiger partial charge >= 0.3 is 0 Å². The van der Waals surface area contributed by atoms with Crippen molar-refractivity contribution < 1.29 is 8.81 Å². The van der Waals surface area contributed by atoms with E-state index in [1.165, 1.54) is 12.1 Å². The summed E-state index contributed by atoms with van der Waals surface area (Å²) in [6.45, 7) is 3.92. The van der Waals surface area contributed by atoms with Crippen molar-refractivity contribution in [2.45, 2.75) is 19.8 Å². The van der Waals surface area contributed by atoms with Crippen LogP contribution in [0.5, 0.6) is 0 Å². The first-order valence-corrected chi connectivity index (χ1v) is 6.08. The first-order chi connectivity index (χ1) is 8.79. The summed E-state index contributed by atoms with van der Waals surface area (Å²) in [6, 6.07) is 6.01. The van der Waals surface area contributed by atoms with Crippen LogP contribution in [0.25, 0.3) is 11.5 Å². The first-order valence-electron chi connectivity index (χ1n) is 6.08. The van der Waals surface area contributed by atoms with Crippen LogP contribution >= 0.6 is 0 Å². The Hall–Kier alpha value is -1.75. The van der Waals surface area contributed by atoms with Crippen LogP contribution in [0.3, 0.4) is 0 Å². The Bertz CT molecular complexity index is 481. The van der Waals surface area contributed by atoms with Crippen molar-refractivity contribution in [2.24, 2.45) is 0 Å². The second-order valence-corrected chi connectivity index (χ2v) is 4.01. The SMILES string of the molecule is CCCNCCc1nnc(-c2ccc(F)cc2)o1. The molecule has 18 heavy (non-hydrogen) atoms.